The van der Waals surface area contributed by atoms with Gasteiger partial charge in [-0.05, 0) is 51.9 Å². The van der Waals surface area contributed by atoms with Crippen LogP contribution in [-0.4, -0.2) is 17.9 Å². The van der Waals surface area contributed by atoms with Crippen LogP contribution in [0.1, 0.15) is 61.3 Å². The molecule has 3 nitrogen and oxygen atoms in total. The highest BCUT2D eigenvalue weighted by molar-refractivity contribution is 5.82. The third-order valence-corrected chi connectivity index (χ3v) is 5.26. The first-order valence-electron chi connectivity index (χ1n) is 7.35. The third-order valence-electron chi connectivity index (χ3n) is 5.26. The fourth-order valence-corrected chi connectivity index (χ4v) is 2.77. The van der Waals surface area contributed by atoms with E-state index < -0.39 is 5.41 Å². The highest BCUT2D eigenvalue weighted by atomic mass is 16.5. The van der Waals surface area contributed by atoms with Gasteiger partial charge in [0.05, 0.1) is 5.41 Å². The Morgan fingerprint density at radius 1 is 1.40 bits per heavy atom. The third kappa shape index (κ3) is 3.31. The predicted octanol–water partition coefficient (Wildman–Crippen LogP) is 3.92. The number of Topliss-reactive ketones (excluding diaryl/α,β-unsaturated/α-hetero) is 1. The van der Waals surface area contributed by atoms with Crippen LogP contribution in [0.4, 0.5) is 0 Å². The van der Waals surface area contributed by atoms with Crippen LogP contribution in [0.5, 0.6) is 0 Å². The molecule has 1 aliphatic rings. The van der Waals surface area contributed by atoms with Gasteiger partial charge in [-0.2, -0.15) is 0 Å². The van der Waals surface area contributed by atoms with E-state index in [1.807, 2.05) is 13.8 Å². The van der Waals surface area contributed by atoms with E-state index in [-0.39, 0.29) is 23.3 Å². The highest BCUT2D eigenvalue weighted by Gasteiger charge is 2.43. The number of hydrogen-bond acceptors (Lipinski definition) is 3. The number of ether oxygens (including phenoxy) is 1. The Balaban J connectivity index is 2.93. The zero-order valence-corrected chi connectivity index (χ0v) is 13.9. The van der Waals surface area contributed by atoms with Gasteiger partial charge < -0.3 is 4.74 Å². The molecule has 0 fully saturated rings. The van der Waals surface area contributed by atoms with Gasteiger partial charge in [0.2, 0.25) is 0 Å². The molecule has 0 N–H and O–H groups in total. The molecule has 1 aliphatic carbocycles. The van der Waals surface area contributed by atoms with E-state index >= 15 is 0 Å². The molecule has 3 heteroatoms. The van der Waals surface area contributed by atoms with E-state index in [1.165, 1.54) is 12.5 Å². The summed E-state index contributed by atoms with van der Waals surface area (Å²) in [5, 5.41) is 0. The van der Waals surface area contributed by atoms with Crippen LogP contribution < -0.4 is 0 Å². The second kappa shape index (κ2) is 5.71. The standard InChI is InChI=1S/C17H28O3/c1-11-8-9-14(16(11,4)5)10-15(20-13(3)19)17(6,7)12(2)18/h8,14-15H,9-10H2,1-7H3. The summed E-state index contributed by atoms with van der Waals surface area (Å²) >= 11 is 0. The Bertz CT molecular complexity index is 430. The number of carbonyl (C=O) groups excluding carboxylic acids is 2. The van der Waals surface area contributed by atoms with Gasteiger partial charge in [0.1, 0.15) is 11.9 Å². The quantitative estimate of drug-likeness (QED) is 0.566. The minimum absolute atomic E-state index is 0.0595. The van der Waals surface area contributed by atoms with Crippen molar-refractivity contribution in [2.45, 2.75) is 67.4 Å². The molecule has 0 spiro atoms. The maximum Gasteiger partial charge on any atom is 0.302 e. The van der Waals surface area contributed by atoms with Gasteiger partial charge >= 0.3 is 5.97 Å². The lowest BCUT2D eigenvalue weighted by Gasteiger charge is -2.37. The molecular weight excluding hydrogens is 252 g/mol. The fraction of sp³-hybridized carbons (Fsp3) is 0.765. The molecule has 0 heterocycles. The van der Waals surface area contributed by atoms with Crippen molar-refractivity contribution in [1.82, 2.24) is 0 Å². The summed E-state index contributed by atoms with van der Waals surface area (Å²) in [4.78, 5) is 23.3. The van der Waals surface area contributed by atoms with Gasteiger partial charge in [0, 0.05) is 6.92 Å². The van der Waals surface area contributed by atoms with E-state index in [0.717, 1.165) is 12.8 Å². The molecule has 1 rings (SSSR count). The van der Waals surface area contributed by atoms with Crippen molar-refractivity contribution in [3.8, 4) is 0 Å². The molecule has 114 valence electrons. The Hall–Kier alpha value is -1.12. The summed E-state index contributed by atoms with van der Waals surface area (Å²) in [5.74, 6) is 0.152. The Morgan fingerprint density at radius 2 is 1.95 bits per heavy atom. The molecule has 2 unspecified atom stereocenters. The Labute approximate surface area is 122 Å². The molecule has 0 aromatic carbocycles. The van der Waals surface area contributed by atoms with Crippen molar-refractivity contribution < 1.29 is 14.3 Å². The molecule has 0 saturated heterocycles. The van der Waals surface area contributed by atoms with Gasteiger partial charge in [-0.3, -0.25) is 9.59 Å². The smallest absolute Gasteiger partial charge is 0.302 e. The number of esters is 1. The van der Waals surface area contributed by atoms with Crippen LogP contribution in [0.15, 0.2) is 11.6 Å². The summed E-state index contributed by atoms with van der Waals surface area (Å²) in [6.07, 6.45) is 3.62. The average molecular weight is 280 g/mol. The minimum atomic E-state index is -0.641. The second-order valence-corrected chi connectivity index (χ2v) is 7.15. The molecule has 0 bridgehead atoms. The minimum Gasteiger partial charge on any atom is -0.462 e. The SMILES string of the molecule is CC(=O)OC(CC1CC=C(C)C1(C)C)C(C)(C)C(C)=O. The van der Waals surface area contributed by atoms with E-state index in [9.17, 15) is 9.59 Å². The van der Waals surface area contributed by atoms with E-state index in [4.69, 9.17) is 4.74 Å². The first-order valence-corrected chi connectivity index (χ1v) is 7.35. The topological polar surface area (TPSA) is 43.4 Å². The molecule has 20 heavy (non-hydrogen) atoms. The maximum absolute atomic E-state index is 11.9. The summed E-state index contributed by atoms with van der Waals surface area (Å²) < 4.78 is 5.48. The zero-order valence-electron chi connectivity index (χ0n) is 13.9. The van der Waals surface area contributed by atoms with Crippen LogP contribution in [-0.2, 0) is 14.3 Å². The largest absolute Gasteiger partial charge is 0.462 e. The molecule has 0 aliphatic heterocycles. The van der Waals surface area contributed by atoms with Gasteiger partial charge in [0.25, 0.3) is 0 Å². The van der Waals surface area contributed by atoms with Gasteiger partial charge in [0.15, 0.2) is 0 Å². The fourth-order valence-electron chi connectivity index (χ4n) is 2.77. The van der Waals surface area contributed by atoms with Crippen LogP contribution in [0.3, 0.4) is 0 Å². The first-order chi connectivity index (χ1) is 8.99. The predicted molar refractivity (Wildman–Crippen MR) is 80.3 cm³/mol. The van der Waals surface area contributed by atoms with Gasteiger partial charge in [-0.25, -0.2) is 0 Å². The summed E-state index contributed by atoms with van der Waals surface area (Å²) in [5.41, 5.74) is 0.841. The number of rotatable bonds is 5. The van der Waals surface area contributed by atoms with Crippen molar-refractivity contribution in [2.75, 3.05) is 0 Å². The van der Waals surface area contributed by atoms with Crippen molar-refractivity contribution in [2.24, 2.45) is 16.7 Å². The maximum atomic E-state index is 11.9. The molecule has 0 aromatic heterocycles. The number of ketones is 1. The van der Waals surface area contributed by atoms with E-state index in [0.29, 0.717) is 5.92 Å². The van der Waals surface area contributed by atoms with Crippen LogP contribution in [0.2, 0.25) is 0 Å². The van der Waals surface area contributed by atoms with Crippen molar-refractivity contribution >= 4 is 11.8 Å². The normalized spacial score (nSPS) is 23.1. The lowest BCUT2D eigenvalue weighted by atomic mass is 9.71. The summed E-state index contributed by atoms with van der Waals surface area (Å²) in [6.45, 7) is 13.3. The molecule has 0 aromatic rings. The first kappa shape index (κ1) is 16.9. The van der Waals surface area contributed by atoms with Crippen molar-refractivity contribution in [3.05, 3.63) is 11.6 Å². The van der Waals surface area contributed by atoms with Crippen molar-refractivity contribution in [3.63, 3.8) is 0 Å². The van der Waals surface area contributed by atoms with Crippen LogP contribution >= 0.6 is 0 Å². The van der Waals surface area contributed by atoms with Crippen LogP contribution in [0.25, 0.3) is 0 Å². The van der Waals surface area contributed by atoms with Gasteiger partial charge in [-0.15, -0.1) is 0 Å². The van der Waals surface area contributed by atoms with Crippen molar-refractivity contribution in [1.29, 1.82) is 0 Å². The second-order valence-electron chi connectivity index (χ2n) is 7.15. The average Bonchev–Trinajstić information content (AvgIpc) is 2.54. The van der Waals surface area contributed by atoms with E-state index in [1.54, 1.807) is 6.92 Å². The van der Waals surface area contributed by atoms with E-state index in [2.05, 4.69) is 26.8 Å². The highest BCUT2D eigenvalue weighted by Crippen LogP contribution is 2.47. The Kier molecular flexibility index (Phi) is 4.83. The lowest BCUT2D eigenvalue weighted by Crippen LogP contribution is -2.41. The van der Waals surface area contributed by atoms with Gasteiger partial charge in [-0.1, -0.05) is 25.5 Å². The molecule has 0 amide bonds. The number of allylic oxidation sites excluding steroid dienone is 2. The number of hydrogen-bond donors (Lipinski definition) is 0. The zero-order chi connectivity index (χ0) is 15.7. The Morgan fingerprint density at radius 3 is 2.30 bits per heavy atom. The summed E-state index contributed by atoms with van der Waals surface area (Å²) in [7, 11) is 0. The number of carbonyl (C=O) groups is 2. The lowest BCUT2D eigenvalue weighted by molar-refractivity contribution is -0.157. The molecule has 0 saturated carbocycles. The van der Waals surface area contributed by atoms with Crippen LogP contribution in [0, 0.1) is 16.7 Å². The summed E-state index contributed by atoms with van der Waals surface area (Å²) in [6, 6.07) is 0. The molecule has 2 atom stereocenters. The monoisotopic (exact) mass is 280 g/mol. The molecular formula is C17H28O3. The molecule has 0 radical (unpaired) electrons.